The average molecular weight is 248 g/mol. The van der Waals surface area contributed by atoms with Crippen LogP contribution in [0.4, 0.5) is 0 Å². The van der Waals surface area contributed by atoms with Gasteiger partial charge in [-0.3, -0.25) is 4.79 Å². The van der Waals surface area contributed by atoms with Crippen molar-refractivity contribution in [3.63, 3.8) is 0 Å². The molecule has 0 spiro atoms. The maximum Gasteiger partial charge on any atom is 0.304 e. The van der Waals surface area contributed by atoms with E-state index in [2.05, 4.69) is 6.07 Å². The Bertz CT molecular complexity index is 466. The molecule has 96 valence electrons. The molecule has 0 radical (unpaired) electrons. The van der Waals surface area contributed by atoms with Crippen LogP contribution in [-0.2, 0) is 11.3 Å². The summed E-state index contributed by atoms with van der Waals surface area (Å²) < 4.78 is 5.12. The van der Waals surface area contributed by atoms with Crippen LogP contribution in [0.15, 0.2) is 18.2 Å². The van der Waals surface area contributed by atoms with Crippen molar-refractivity contribution in [3.05, 3.63) is 29.3 Å². The van der Waals surface area contributed by atoms with Gasteiger partial charge in [0, 0.05) is 13.1 Å². The van der Waals surface area contributed by atoms with Crippen LogP contribution in [0.3, 0.4) is 0 Å². The predicted molar refractivity (Wildman–Crippen MR) is 66.3 cm³/mol. The summed E-state index contributed by atoms with van der Waals surface area (Å²) in [6, 6.07) is 7.41. The zero-order chi connectivity index (χ0) is 13.5. The standard InChI is InChI=1S/C13H16N2O3/c1-15(6-5-13(16)17)9-10-3-4-11(8-14)12(7-10)18-2/h3-4,7H,5-6,9H2,1-2H3,(H,16,17). The maximum absolute atomic E-state index is 10.5. The first-order chi connectivity index (χ1) is 8.56. The van der Waals surface area contributed by atoms with Crippen molar-refractivity contribution < 1.29 is 14.6 Å². The van der Waals surface area contributed by atoms with Gasteiger partial charge >= 0.3 is 5.97 Å². The van der Waals surface area contributed by atoms with Crippen molar-refractivity contribution in [3.8, 4) is 11.8 Å². The maximum atomic E-state index is 10.5. The number of carboxylic acid groups (broad SMARTS) is 1. The first-order valence-electron chi connectivity index (χ1n) is 5.54. The lowest BCUT2D eigenvalue weighted by Crippen LogP contribution is -2.21. The fourth-order valence-corrected chi connectivity index (χ4v) is 1.60. The number of hydrogen-bond donors (Lipinski definition) is 1. The van der Waals surface area contributed by atoms with Crippen LogP contribution in [0, 0.1) is 11.3 Å². The number of aliphatic carboxylic acids is 1. The fraction of sp³-hybridized carbons (Fsp3) is 0.385. The Balaban J connectivity index is 2.68. The number of hydrogen-bond acceptors (Lipinski definition) is 4. The van der Waals surface area contributed by atoms with Gasteiger partial charge in [-0.05, 0) is 24.7 Å². The van der Waals surface area contributed by atoms with E-state index in [0.717, 1.165) is 5.56 Å². The molecular formula is C13H16N2O3. The van der Waals surface area contributed by atoms with E-state index >= 15 is 0 Å². The number of rotatable bonds is 6. The number of ether oxygens (including phenoxy) is 1. The van der Waals surface area contributed by atoms with E-state index in [9.17, 15) is 4.79 Å². The molecule has 0 unspecified atom stereocenters. The summed E-state index contributed by atoms with van der Waals surface area (Å²) in [5, 5.41) is 17.5. The lowest BCUT2D eigenvalue weighted by atomic mass is 10.1. The van der Waals surface area contributed by atoms with Crippen LogP contribution in [0.2, 0.25) is 0 Å². The van der Waals surface area contributed by atoms with E-state index in [0.29, 0.717) is 24.4 Å². The van der Waals surface area contributed by atoms with Gasteiger partial charge in [-0.1, -0.05) is 6.07 Å². The predicted octanol–water partition coefficient (Wildman–Crippen LogP) is 1.47. The molecule has 0 atom stereocenters. The topological polar surface area (TPSA) is 73.6 Å². The molecular weight excluding hydrogens is 232 g/mol. The van der Waals surface area contributed by atoms with Crippen molar-refractivity contribution in [1.29, 1.82) is 5.26 Å². The van der Waals surface area contributed by atoms with Gasteiger partial charge < -0.3 is 14.7 Å². The second-order valence-electron chi connectivity index (χ2n) is 4.03. The molecule has 1 rings (SSSR count). The third-order valence-corrected chi connectivity index (χ3v) is 2.55. The molecule has 0 heterocycles. The van der Waals surface area contributed by atoms with Crippen molar-refractivity contribution in [2.45, 2.75) is 13.0 Å². The molecule has 0 amide bonds. The molecule has 0 saturated heterocycles. The highest BCUT2D eigenvalue weighted by molar-refractivity contribution is 5.66. The van der Waals surface area contributed by atoms with E-state index in [1.165, 1.54) is 7.11 Å². The Labute approximate surface area is 106 Å². The summed E-state index contributed by atoms with van der Waals surface area (Å²) in [5.41, 5.74) is 1.48. The smallest absolute Gasteiger partial charge is 0.304 e. The molecule has 0 aromatic heterocycles. The van der Waals surface area contributed by atoms with Crippen LogP contribution in [0.1, 0.15) is 17.5 Å². The van der Waals surface area contributed by atoms with Crippen molar-refractivity contribution in [2.75, 3.05) is 20.7 Å². The lowest BCUT2D eigenvalue weighted by molar-refractivity contribution is -0.137. The minimum Gasteiger partial charge on any atom is -0.495 e. The monoisotopic (exact) mass is 248 g/mol. The van der Waals surface area contributed by atoms with E-state index in [1.807, 2.05) is 18.0 Å². The van der Waals surface area contributed by atoms with E-state index in [-0.39, 0.29) is 6.42 Å². The lowest BCUT2D eigenvalue weighted by Gasteiger charge is -2.16. The summed E-state index contributed by atoms with van der Waals surface area (Å²) >= 11 is 0. The minimum absolute atomic E-state index is 0.115. The van der Waals surface area contributed by atoms with Gasteiger partial charge in [0.2, 0.25) is 0 Å². The van der Waals surface area contributed by atoms with E-state index in [4.69, 9.17) is 15.1 Å². The zero-order valence-corrected chi connectivity index (χ0v) is 10.5. The van der Waals surface area contributed by atoms with Gasteiger partial charge in [-0.2, -0.15) is 5.26 Å². The summed E-state index contributed by atoms with van der Waals surface area (Å²) in [6.07, 6.45) is 0.115. The number of nitrogens with zero attached hydrogens (tertiary/aromatic N) is 2. The van der Waals surface area contributed by atoms with Gasteiger partial charge in [0.15, 0.2) is 0 Å². The summed E-state index contributed by atoms with van der Waals surface area (Å²) in [4.78, 5) is 12.4. The number of nitriles is 1. The Kier molecular flexibility index (Phi) is 5.15. The van der Waals surface area contributed by atoms with Crippen LogP contribution in [0.25, 0.3) is 0 Å². The molecule has 0 aliphatic rings. The first-order valence-corrected chi connectivity index (χ1v) is 5.54. The number of methoxy groups -OCH3 is 1. The van der Waals surface area contributed by atoms with Crippen LogP contribution < -0.4 is 4.74 Å². The molecule has 1 N–H and O–H groups in total. The quantitative estimate of drug-likeness (QED) is 0.825. The molecule has 5 heteroatoms. The zero-order valence-electron chi connectivity index (χ0n) is 10.5. The second kappa shape index (κ2) is 6.62. The SMILES string of the molecule is COc1cc(CN(C)CCC(=O)O)ccc1C#N. The fourth-order valence-electron chi connectivity index (χ4n) is 1.60. The molecule has 18 heavy (non-hydrogen) atoms. The van der Waals surface area contributed by atoms with Gasteiger partial charge in [0.05, 0.1) is 19.1 Å². The summed E-state index contributed by atoms with van der Waals surface area (Å²) in [6.45, 7) is 1.10. The Morgan fingerprint density at radius 2 is 2.28 bits per heavy atom. The summed E-state index contributed by atoms with van der Waals surface area (Å²) in [5.74, 6) is -0.263. The van der Waals surface area contributed by atoms with Crippen LogP contribution in [0.5, 0.6) is 5.75 Å². The molecule has 0 aliphatic heterocycles. The normalized spacial score (nSPS) is 10.1. The van der Waals surface area contributed by atoms with Gasteiger partial charge in [0.1, 0.15) is 11.8 Å². The largest absolute Gasteiger partial charge is 0.495 e. The summed E-state index contributed by atoms with van der Waals surface area (Å²) in [7, 11) is 3.38. The molecule has 0 aliphatic carbocycles. The van der Waals surface area contributed by atoms with Crippen molar-refractivity contribution >= 4 is 5.97 Å². The average Bonchev–Trinajstić information content (AvgIpc) is 2.36. The number of carboxylic acids is 1. The Hall–Kier alpha value is -2.06. The highest BCUT2D eigenvalue weighted by Crippen LogP contribution is 2.19. The van der Waals surface area contributed by atoms with E-state index in [1.54, 1.807) is 12.1 Å². The molecule has 5 nitrogen and oxygen atoms in total. The van der Waals surface area contributed by atoms with Crippen LogP contribution in [-0.4, -0.2) is 36.7 Å². The molecule has 0 fully saturated rings. The highest BCUT2D eigenvalue weighted by Gasteiger charge is 2.07. The Morgan fingerprint density at radius 1 is 1.56 bits per heavy atom. The van der Waals surface area contributed by atoms with Crippen molar-refractivity contribution in [1.82, 2.24) is 4.90 Å². The third kappa shape index (κ3) is 4.07. The number of benzene rings is 1. The van der Waals surface area contributed by atoms with Gasteiger partial charge in [-0.25, -0.2) is 0 Å². The molecule has 0 saturated carbocycles. The van der Waals surface area contributed by atoms with Crippen molar-refractivity contribution in [2.24, 2.45) is 0 Å². The third-order valence-electron chi connectivity index (χ3n) is 2.55. The molecule has 0 bridgehead atoms. The van der Waals surface area contributed by atoms with Gasteiger partial charge in [-0.15, -0.1) is 0 Å². The first kappa shape index (κ1) is 14.0. The number of carbonyl (C=O) groups is 1. The minimum atomic E-state index is -0.806. The molecule has 1 aromatic carbocycles. The Morgan fingerprint density at radius 3 is 2.83 bits per heavy atom. The van der Waals surface area contributed by atoms with Gasteiger partial charge in [0.25, 0.3) is 0 Å². The molecule has 1 aromatic rings. The highest BCUT2D eigenvalue weighted by atomic mass is 16.5. The van der Waals surface area contributed by atoms with E-state index < -0.39 is 5.97 Å². The van der Waals surface area contributed by atoms with Crippen LogP contribution >= 0.6 is 0 Å². The second-order valence-corrected chi connectivity index (χ2v) is 4.03.